The number of carbonyl (C=O) groups excluding carboxylic acids is 2. The third-order valence-corrected chi connectivity index (χ3v) is 8.29. The highest BCUT2D eigenvalue weighted by Crippen LogP contribution is 2.60. The average molecular weight is 428 g/mol. The molecule has 2 aromatic rings. The highest BCUT2D eigenvalue weighted by atomic mass is 32.1. The number of hydrogen-bond acceptors (Lipinski definition) is 5. The molecule has 4 saturated carbocycles. The van der Waals surface area contributed by atoms with Gasteiger partial charge in [-0.25, -0.2) is 4.68 Å². The Morgan fingerprint density at radius 1 is 1.23 bits per heavy atom. The first kappa shape index (κ1) is 19.7. The van der Waals surface area contributed by atoms with E-state index in [1.54, 1.807) is 22.2 Å². The molecule has 1 atom stereocenters. The summed E-state index contributed by atoms with van der Waals surface area (Å²) in [4.78, 5) is 26.5. The lowest BCUT2D eigenvalue weighted by Gasteiger charge is -2.55. The van der Waals surface area contributed by atoms with Crippen LogP contribution in [0.5, 0.6) is 0 Å². The fourth-order valence-corrected chi connectivity index (χ4v) is 6.99. The quantitative estimate of drug-likeness (QED) is 0.710. The van der Waals surface area contributed by atoms with E-state index in [9.17, 15) is 9.59 Å². The second-order valence-corrected chi connectivity index (χ2v) is 10.5. The van der Waals surface area contributed by atoms with E-state index in [-0.39, 0.29) is 23.3 Å². The maximum absolute atomic E-state index is 13.0. The zero-order valence-corrected chi connectivity index (χ0v) is 18.2. The number of amides is 2. The molecule has 160 valence electrons. The van der Waals surface area contributed by atoms with Gasteiger partial charge in [0.2, 0.25) is 5.91 Å². The summed E-state index contributed by atoms with van der Waals surface area (Å²) in [6, 6.07) is 3.90. The number of thiophene rings is 1. The van der Waals surface area contributed by atoms with Crippen molar-refractivity contribution < 1.29 is 9.59 Å². The smallest absolute Gasteiger partial charge is 0.273 e. The van der Waals surface area contributed by atoms with Crippen LogP contribution in [0.3, 0.4) is 0 Å². The molecule has 0 spiro atoms. The largest absolute Gasteiger partial charge is 0.354 e. The molecule has 0 aromatic carbocycles. The third kappa shape index (κ3) is 3.77. The molecule has 7 nitrogen and oxygen atoms in total. The Morgan fingerprint density at radius 2 is 1.93 bits per heavy atom. The van der Waals surface area contributed by atoms with Gasteiger partial charge in [-0.2, -0.15) is 0 Å². The minimum Gasteiger partial charge on any atom is -0.354 e. The highest BCUT2D eigenvalue weighted by molar-refractivity contribution is 7.10. The van der Waals surface area contributed by atoms with Crippen molar-refractivity contribution in [3.8, 4) is 0 Å². The molecule has 2 heterocycles. The van der Waals surface area contributed by atoms with Gasteiger partial charge in [-0.15, -0.1) is 16.4 Å². The van der Waals surface area contributed by atoms with Crippen molar-refractivity contribution >= 4 is 23.2 Å². The van der Waals surface area contributed by atoms with Gasteiger partial charge < -0.3 is 10.6 Å². The average Bonchev–Trinajstić information content (AvgIpc) is 3.39. The van der Waals surface area contributed by atoms with E-state index in [0.717, 1.165) is 41.9 Å². The van der Waals surface area contributed by atoms with Gasteiger partial charge in [0.05, 0.1) is 18.8 Å². The fourth-order valence-electron chi connectivity index (χ4n) is 6.25. The lowest BCUT2D eigenvalue weighted by molar-refractivity contribution is -0.146. The van der Waals surface area contributed by atoms with Crippen LogP contribution in [0, 0.1) is 23.2 Å². The Labute approximate surface area is 180 Å². The van der Waals surface area contributed by atoms with Gasteiger partial charge in [0.15, 0.2) is 5.69 Å². The molecule has 1 unspecified atom stereocenters. The van der Waals surface area contributed by atoms with Gasteiger partial charge in [0, 0.05) is 16.8 Å². The van der Waals surface area contributed by atoms with E-state index in [4.69, 9.17) is 0 Å². The molecular weight excluding hydrogens is 398 g/mol. The summed E-state index contributed by atoms with van der Waals surface area (Å²) in [7, 11) is 0. The van der Waals surface area contributed by atoms with E-state index in [2.05, 4.69) is 20.9 Å². The first-order valence-corrected chi connectivity index (χ1v) is 11.9. The van der Waals surface area contributed by atoms with Gasteiger partial charge in [0.25, 0.3) is 5.91 Å². The van der Waals surface area contributed by atoms with E-state index in [1.165, 1.54) is 19.3 Å². The van der Waals surface area contributed by atoms with Crippen LogP contribution in [0.2, 0.25) is 0 Å². The van der Waals surface area contributed by atoms with Crippen LogP contribution in [0.15, 0.2) is 23.7 Å². The predicted molar refractivity (Wildman–Crippen MR) is 114 cm³/mol. The summed E-state index contributed by atoms with van der Waals surface area (Å²) < 4.78 is 1.63. The number of rotatable bonds is 7. The molecule has 2 aromatic heterocycles. The number of nitrogens with zero attached hydrogens (tertiary/aromatic N) is 3. The molecule has 0 aliphatic heterocycles. The van der Waals surface area contributed by atoms with E-state index < -0.39 is 0 Å². The third-order valence-electron chi connectivity index (χ3n) is 7.24. The van der Waals surface area contributed by atoms with Crippen molar-refractivity contribution in [1.29, 1.82) is 0 Å². The standard InChI is InChI=1S/C22H29N5O2S/c1-14(19-3-2-6-30-19)24-20(28)18-13-27(26-25-18)5-4-23-21(29)22-10-15-7-16(11-22)9-17(8-15)12-22/h2-3,6,13-17H,4-5,7-12H2,1H3,(H,23,29)(H,24,28). The Morgan fingerprint density at radius 3 is 2.57 bits per heavy atom. The lowest BCUT2D eigenvalue weighted by atomic mass is 9.49. The molecule has 2 N–H and O–H groups in total. The summed E-state index contributed by atoms with van der Waals surface area (Å²) in [5, 5.41) is 16.1. The Kier molecular flexibility index (Phi) is 5.13. The van der Waals surface area contributed by atoms with Crippen molar-refractivity contribution in [3.05, 3.63) is 34.3 Å². The van der Waals surface area contributed by atoms with Crippen LogP contribution in [0.25, 0.3) is 0 Å². The summed E-state index contributed by atoms with van der Waals surface area (Å²) in [6.07, 6.45) is 8.86. The Hall–Kier alpha value is -2.22. The van der Waals surface area contributed by atoms with Gasteiger partial charge >= 0.3 is 0 Å². The van der Waals surface area contributed by atoms with Crippen molar-refractivity contribution in [2.75, 3.05) is 6.54 Å². The summed E-state index contributed by atoms with van der Waals surface area (Å²) in [6.45, 7) is 2.98. The van der Waals surface area contributed by atoms with E-state index in [1.807, 2.05) is 24.4 Å². The SMILES string of the molecule is CC(NC(=O)c1cn(CCNC(=O)C23CC4CC(CC(C4)C2)C3)nn1)c1cccs1. The van der Waals surface area contributed by atoms with Crippen LogP contribution in [-0.2, 0) is 11.3 Å². The molecule has 4 bridgehead atoms. The summed E-state index contributed by atoms with van der Waals surface area (Å²) in [5.74, 6) is 2.27. The van der Waals surface area contributed by atoms with E-state index in [0.29, 0.717) is 18.8 Å². The fraction of sp³-hybridized carbons (Fsp3) is 0.636. The zero-order chi connectivity index (χ0) is 20.7. The second kappa shape index (κ2) is 7.80. The minimum absolute atomic E-state index is 0.0674. The molecule has 0 radical (unpaired) electrons. The summed E-state index contributed by atoms with van der Waals surface area (Å²) in [5.41, 5.74) is 0.172. The van der Waals surface area contributed by atoms with Gasteiger partial charge in [0.1, 0.15) is 0 Å². The van der Waals surface area contributed by atoms with Gasteiger partial charge in [-0.1, -0.05) is 11.3 Å². The Balaban J connectivity index is 1.12. The van der Waals surface area contributed by atoms with Crippen LogP contribution < -0.4 is 10.6 Å². The maximum Gasteiger partial charge on any atom is 0.273 e. The van der Waals surface area contributed by atoms with E-state index >= 15 is 0 Å². The maximum atomic E-state index is 13.0. The van der Waals surface area contributed by atoms with Crippen molar-refractivity contribution in [2.24, 2.45) is 23.2 Å². The van der Waals surface area contributed by atoms with Gasteiger partial charge in [-0.05, 0) is 74.6 Å². The van der Waals surface area contributed by atoms with Crippen molar-refractivity contribution in [2.45, 2.75) is 58.0 Å². The molecule has 2 amide bonds. The lowest BCUT2D eigenvalue weighted by Crippen LogP contribution is -2.53. The number of hydrogen-bond donors (Lipinski definition) is 2. The molecule has 4 aliphatic rings. The van der Waals surface area contributed by atoms with Gasteiger partial charge in [-0.3, -0.25) is 9.59 Å². The molecule has 8 heteroatoms. The number of carbonyl (C=O) groups is 2. The molecule has 30 heavy (non-hydrogen) atoms. The summed E-state index contributed by atoms with van der Waals surface area (Å²) >= 11 is 1.61. The highest BCUT2D eigenvalue weighted by Gasteiger charge is 2.54. The zero-order valence-electron chi connectivity index (χ0n) is 17.3. The molecule has 6 rings (SSSR count). The topological polar surface area (TPSA) is 88.9 Å². The first-order chi connectivity index (χ1) is 14.5. The number of nitrogens with one attached hydrogen (secondary N) is 2. The molecule has 4 aliphatic carbocycles. The predicted octanol–water partition coefficient (Wildman–Crippen LogP) is 3.16. The Bertz CT molecular complexity index is 887. The van der Waals surface area contributed by atoms with Crippen molar-refractivity contribution in [1.82, 2.24) is 25.6 Å². The first-order valence-electron chi connectivity index (χ1n) is 11.0. The molecule has 0 saturated heterocycles. The second-order valence-electron chi connectivity index (χ2n) is 9.53. The molecule has 4 fully saturated rings. The normalized spacial score (nSPS) is 30.2. The van der Waals surface area contributed by atoms with Crippen molar-refractivity contribution in [3.63, 3.8) is 0 Å². The van der Waals surface area contributed by atoms with Crippen LogP contribution in [0.4, 0.5) is 0 Å². The number of aromatic nitrogens is 3. The molecular formula is C22H29N5O2S. The minimum atomic E-state index is -0.236. The van der Waals surface area contributed by atoms with Crippen LogP contribution in [0.1, 0.15) is 66.9 Å². The van der Waals surface area contributed by atoms with Crippen LogP contribution in [-0.4, -0.2) is 33.4 Å². The van der Waals surface area contributed by atoms with Crippen LogP contribution >= 0.6 is 11.3 Å². The monoisotopic (exact) mass is 427 g/mol.